The third-order valence-electron chi connectivity index (χ3n) is 14.2. The molecule has 0 saturated heterocycles. The van der Waals surface area contributed by atoms with Gasteiger partial charge in [-0.1, -0.05) is 198 Å². The van der Waals surface area contributed by atoms with E-state index in [9.17, 15) is 0 Å². The summed E-state index contributed by atoms with van der Waals surface area (Å²) in [6, 6.07) is 81.1. The second-order valence-corrected chi connectivity index (χ2v) is 18.5. The summed E-state index contributed by atoms with van der Waals surface area (Å²) < 4.78 is 0. The number of anilines is 6. The summed E-state index contributed by atoms with van der Waals surface area (Å²) in [6.45, 7) is 9.54. The molecule has 0 saturated carbocycles. The third-order valence-corrected chi connectivity index (χ3v) is 14.2. The van der Waals surface area contributed by atoms with Crippen LogP contribution in [0, 0.1) is 0 Å². The lowest BCUT2D eigenvalue weighted by Gasteiger charge is -2.43. The molecule has 0 bridgehead atoms. The Kier molecular flexibility index (Phi) is 8.58. The zero-order valence-corrected chi connectivity index (χ0v) is 36.7. The average molecular weight is 821 g/mol. The van der Waals surface area contributed by atoms with Crippen molar-refractivity contribution in [3.8, 4) is 33.4 Å². The van der Waals surface area contributed by atoms with Crippen LogP contribution < -0.4 is 9.80 Å². The van der Waals surface area contributed by atoms with Crippen LogP contribution in [0.4, 0.5) is 34.1 Å². The Morgan fingerprint density at radius 3 is 1.73 bits per heavy atom. The molecule has 0 radical (unpaired) electrons. The van der Waals surface area contributed by atoms with Gasteiger partial charge in [0.25, 0.3) is 0 Å². The Labute approximate surface area is 376 Å². The van der Waals surface area contributed by atoms with E-state index >= 15 is 0 Å². The summed E-state index contributed by atoms with van der Waals surface area (Å²) in [5.74, 6) is 0. The van der Waals surface area contributed by atoms with Crippen molar-refractivity contribution >= 4 is 55.7 Å². The zero-order chi connectivity index (χ0) is 43.2. The second-order valence-electron chi connectivity index (χ2n) is 18.5. The molecule has 10 aromatic carbocycles. The fourth-order valence-corrected chi connectivity index (χ4v) is 10.9. The van der Waals surface area contributed by atoms with Gasteiger partial charge in [-0.25, -0.2) is 0 Å². The number of rotatable bonds is 6. The number of fused-ring (bicyclic) bond motifs is 7. The molecular formula is C62H48N2. The predicted octanol–water partition coefficient (Wildman–Crippen LogP) is 17.2. The Balaban J connectivity index is 1.11. The lowest BCUT2D eigenvalue weighted by Crippen LogP contribution is -2.31. The summed E-state index contributed by atoms with van der Waals surface area (Å²) in [5.41, 5.74) is 19.2. The van der Waals surface area contributed by atoms with Gasteiger partial charge in [0.05, 0.1) is 22.7 Å². The Morgan fingerprint density at radius 2 is 0.906 bits per heavy atom. The van der Waals surface area contributed by atoms with Gasteiger partial charge in [0.2, 0.25) is 0 Å². The van der Waals surface area contributed by atoms with Crippen molar-refractivity contribution in [2.24, 2.45) is 0 Å². The molecule has 0 amide bonds. The summed E-state index contributed by atoms with van der Waals surface area (Å²) in [5, 5.41) is 4.91. The van der Waals surface area contributed by atoms with E-state index in [1.165, 1.54) is 94.2 Å². The highest BCUT2D eigenvalue weighted by Gasteiger charge is 2.40. The zero-order valence-electron chi connectivity index (χ0n) is 36.7. The van der Waals surface area contributed by atoms with E-state index in [-0.39, 0.29) is 10.8 Å². The molecule has 1 aliphatic carbocycles. The van der Waals surface area contributed by atoms with Crippen molar-refractivity contribution < 1.29 is 0 Å². The fourth-order valence-electron chi connectivity index (χ4n) is 10.9. The van der Waals surface area contributed by atoms with E-state index in [2.05, 4.69) is 256 Å². The van der Waals surface area contributed by atoms with E-state index in [0.717, 1.165) is 17.1 Å². The first kappa shape index (κ1) is 38.0. The Morgan fingerprint density at radius 1 is 0.344 bits per heavy atom. The van der Waals surface area contributed by atoms with Crippen LogP contribution in [0.15, 0.2) is 218 Å². The Bertz CT molecular complexity index is 3470. The number of nitrogens with zero attached hydrogens (tertiary/aromatic N) is 2. The van der Waals surface area contributed by atoms with Gasteiger partial charge in [0.15, 0.2) is 0 Å². The van der Waals surface area contributed by atoms with Crippen LogP contribution in [0.1, 0.15) is 49.9 Å². The molecule has 1 aliphatic heterocycles. The van der Waals surface area contributed by atoms with Crippen LogP contribution in [0.5, 0.6) is 0 Å². The molecule has 2 aliphatic rings. The summed E-state index contributed by atoms with van der Waals surface area (Å²) >= 11 is 0. The van der Waals surface area contributed by atoms with E-state index in [0.29, 0.717) is 0 Å². The topological polar surface area (TPSA) is 6.48 Å². The van der Waals surface area contributed by atoms with E-state index in [4.69, 9.17) is 0 Å². The van der Waals surface area contributed by atoms with Crippen molar-refractivity contribution in [1.29, 1.82) is 0 Å². The lowest BCUT2D eigenvalue weighted by molar-refractivity contribution is 0.632. The first-order valence-corrected chi connectivity index (χ1v) is 22.5. The quantitative estimate of drug-likeness (QED) is 0.165. The van der Waals surface area contributed by atoms with Crippen molar-refractivity contribution in [3.63, 3.8) is 0 Å². The molecule has 0 N–H and O–H groups in total. The third kappa shape index (κ3) is 5.79. The number of para-hydroxylation sites is 2. The molecule has 10 aromatic rings. The van der Waals surface area contributed by atoms with Crippen molar-refractivity contribution in [2.45, 2.75) is 38.5 Å². The Hall–Kier alpha value is -7.68. The molecule has 306 valence electrons. The van der Waals surface area contributed by atoms with Gasteiger partial charge in [-0.2, -0.15) is 0 Å². The molecule has 2 heteroatoms. The van der Waals surface area contributed by atoms with Crippen molar-refractivity contribution in [2.75, 3.05) is 9.80 Å². The highest BCUT2D eigenvalue weighted by molar-refractivity contribution is 6.08. The molecule has 12 rings (SSSR count). The van der Waals surface area contributed by atoms with Crippen molar-refractivity contribution in [3.05, 3.63) is 241 Å². The van der Waals surface area contributed by atoms with Crippen LogP contribution in [-0.4, -0.2) is 0 Å². The highest BCUT2D eigenvalue weighted by atomic mass is 15.2. The first-order valence-electron chi connectivity index (χ1n) is 22.5. The summed E-state index contributed by atoms with van der Waals surface area (Å²) in [6.07, 6.45) is 0. The normalized spacial score (nSPS) is 14.2. The molecule has 0 atom stereocenters. The molecule has 2 nitrogen and oxygen atoms in total. The molecule has 0 unspecified atom stereocenters. The van der Waals surface area contributed by atoms with Crippen LogP contribution in [0.25, 0.3) is 54.9 Å². The molecule has 1 heterocycles. The van der Waals surface area contributed by atoms with Gasteiger partial charge < -0.3 is 9.80 Å². The lowest BCUT2D eigenvalue weighted by atomic mass is 9.73. The SMILES string of the molecule is CC1(C)c2ccccc2-c2ccc(N(c3ccc4c(c3)C(C)(C)c3ccccc3N4c3c(-c4ccc5ccccc5c4)ccc4ccccc34)c3ccccc3-c3ccccc3)cc21. The minimum absolute atomic E-state index is 0.143. The van der Waals surface area contributed by atoms with Gasteiger partial charge in [-0.05, 0) is 109 Å². The van der Waals surface area contributed by atoms with Gasteiger partial charge in [-0.15, -0.1) is 0 Å². The van der Waals surface area contributed by atoms with Crippen molar-refractivity contribution in [1.82, 2.24) is 0 Å². The smallest absolute Gasteiger partial charge is 0.0618 e. The first-order chi connectivity index (χ1) is 31.3. The van der Waals surface area contributed by atoms with Crippen LogP contribution >= 0.6 is 0 Å². The summed E-state index contributed by atoms with van der Waals surface area (Å²) in [7, 11) is 0. The maximum Gasteiger partial charge on any atom is 0.0618 e. The van der Waals surface area contributed by atoms with Gasteiger partial charge in [0, 0.05) is 38.7 Å². The molecule has 0 spiro atoms. The van der Waals surface area contributed by atoms with Gasteiger partial charge >= 0.3 is 0 Å². The monoisotopic (exact) mass is 820 g/mol. The van der Waals surface area contributed by atoms with Crippen LogP contribution in [0.3, 0.4) is 0 Å². The molecule has 64 heavy (non-hydrogen) atoms. The highest BCUT2D eigenvalue weighted by Crippen LogP contribution is 2.57. The minimum atomic E-state index is -0.321. The van der Waals surface area contributed by atoms with Gasteiger partial charge in [-0.3, -0.25) is 0 Å². The molecule has 0 fully saturated rings. The maximum atomic E-state index is 2.56. The number of hydrogen-bond acceptors (Lipinski definition) is 2. The molecular weight excluding hydrogens is 773 g/mol. The standard InChI is InChI=1S/C62H48N2/c1-61(2)53-26-14-12-25-51(53)52-36-33-46(39-55(52)61)63(57-28-16-13-23-48(57)42-19-6-5-7-20-42)47-34-37-59-56(40-47)62(3,4)54-27-15-17-29-58(54)64(59)60-49-24-11-10-21-43(49)32-35-50(60)45-31-30-41-18-8-9-22-44(41)38-45/h5-40H,1-4H3. The predicted molar refractivity (Wildman–Crippen MR) is 271 cm³/mol. The number of benzene rings is 10. The largest absolute Gasteiger partial charge is 0.310 e. The second kappa shape index (κ2) is 14.4. The maximum absolute atomic E-state index is 2.56. The van der Waals surface area contributed by atoms with Crippen LogP contribution in [0.2, 0.25) is 0 Å². The average Bonchev–Trinajstić information content (AvgIpc) is 3.57. The minimum Gasteiger partial charge on any atom is -0.310 e. The van der Waals surface area contributed by atoms with E-state index in [1.54, 1.807) is 0 Å². The molecule has 0 aromatic heterocycles. The van der Waals surface area contributed by atoms with E-state index in [1.807, 2.05) is 0 Å². The number of hydrogen-bond donors (Lipinski definition) is 0. The van der Waals surface area contributed by atoms with Crippen LogP contribution in [-0.2, 0) is 10.8 Å². The summed E-state index contributed by atoms with van der Waals surface area (Å²) in [4.78, 5) is 5.06. The van der Waals surface area contributed by atoms with Gasteiger partial charge in [0.1, 0.15) is 0 Å². The fraction of sp³-hybridized carbons (Fsp3) is 0.0968. The van der Waals surface area contributed by atoms with E-state index < -0.39 is 0 Å².